The van der Waals surface area contributed by atoms with Crippen molar-refractivity contribution >= 4 is 11.8 Å². The number of alkyl halides is 2. The van der Waals surface area contributed by atoms with Crippen LogP contribution < -0.4 is 0 Å². The van der Waals surface area contributed by atoms with Crippen LogP contribution in [-0.4, -0.2) is 29.9 Å². The van der Waals surface area contributed by atoms with Crippen LogP contribution in [0, 0.1) is 0 Å². The third-order valence-corrected chi connectivity index (χ3v) is 1.29. The number of hydrogen-bond donors (Lipinski definition) is 1. The zero-order valence-electron chi connectivity index (χ0n) is 7.71. The lowest BCUT2D eigenvalue weighted by atomic mass is 10.1. The number of Topliss-reactive ketones (excluding diaryl/α,β-unsaturated/α-hetero) is 1. The largest absolute Gasteiger partial charge is 0.506 e. The Morgan fingerprint density at radius 3 is 2.21 bits per heavy atom. The van der Waals surface area contributed by atoms with Crippen LogP contribution in [0.5, 0.6) is 0 Å². The Kier molecular flexibility index (Phi) is 4.76. The predicted octanol–water partition coefficient (Wildman–Crippen LogP) is 1.22. The Bertz CT molecular complexity index is 271. The van der Waals surface area contributed by atoms with Crippen LogP contribution in [0.4, 0.5) is 8.78 Å². The lowest BCUT2D eigenvalue weighted by molar-refractivity contribution is -0.140. The van der Waals surface area contributed by atoms with Gasteiger partial charge in [-0.25, -0.2) is 13.6 Å². The normalized spacial score (nSPS) is 12.4. The molecule has 0 aromatic carbocycles. The third-order valence-electron chi connectivity index (χ3n) is 1.29. The maximum atomic E-state index is 12.0. The van der Waals surface area contributed by atoms with Crippen LogP contribution in [-0.2, 0) is 14.3 Å². The van der Waals surface area contributed by atoms with Gasteiger partial charge in [0.15, 0.2) is 11.5 Å². The number of ether oxygens (including phenoxy) is 1. The van der Waals surface area contributed by atoms with Crippen molar-refractivity contribution in [3.8, 4) is 0 Å². The van der Waals surface area contributed by atoms with Crippen molar-refractivity contribution < 1.29 is 28.2 Å². The van der Waals surface area contributed by atoms with Gasteiger partial charge in [-0.05, 0) is 13.8 Å². The summed E-state index contributed by atoms with van der Waals surface area (Å²) in [6.45, 7) is 2.28. The highest BCUT2D eigenvalue weighted by Crippen LogP contribution is 2.13. The van der Waals surface area contributed by atoms with E-state index < -0.39 is 29.5 Å². The fraction of sp³-hybridized carbons (Fsp3) is 0.500. The summed E-state index contributed by atoms with van der Waals surface area (Å²) in [5.74, 6) is -3.74. The van der Waals surface area contributed by atoms with E-state index in [9.17, 15) is 18.4 Å². The highest BCUT2D eigenvalue weighted by molar-refractivity contribution is 6.16. The molecule has 0 saturated heterocycles. The number of esters is 1. The van der Waals surface area contributed by atoms with Gasteiger partial charge in [0.25, 0.3) is 6.43 Å². The van der Waals surface area contributed by atoms with E-state index in [-0.39, 0.29) is 6.61 Å². The van der Waals surface area contributed by atoms with Crippen molar-refractivity contribution in [1.29, 1.82) is 0 Å². The number of hydrogen-bond acceptors (Lipinski definition) is 4. The van der Waals surface area contributed by atoms with Crippen LogP contribution in [0.15, 0.2) is 11.3 Å². The zero-order chi connectivity index (χ0) is 11.3. The number of aliphatic hydroxyl groups excluding tert-OH is 1. The lowest BCUT2D eigenvalue weighted by Crippen LogP contribution is -2.18. The van der Waals surface area contributed by atoms with E-state index in [4.69, 9.17) is 5.11 Å². The molecule has 0 aromatic heterocycles. The first-order chi connectivity index (χ1) is 6.41. The molecule has 0 fully saturated rings. The Hall–Kier alpha value is -1.46. The number of carbonyl (C=O) groups is 2. The molecular formula is C8H10F2O4. The first-order valence-electron chi connectivity index (χ1n) is 3.81. The van der Waals surface area contributed by atoms with E-state index >= 15 is 0 Å². The second-order valence-electron chi connectivity index (χ2n) is 2.34. The monoisotopic (exact) mass is 208 g/mol. The number of ketones is 1. The zero-order valence-corrected chi connectivity index (χ0v) is 7.71. The van der Waals surface area contributed by atoms with Crippen LogP contribution in [0.3, 0.4) is 0 Å². The molecule has 0 radical (unpaired) electrons. The average Bonchev–Trinajstić information content (AvgIpc) is 2.03. The van der Waals surface area contributed by atoms with Crippen LogP contribution in [0.25, 0.3) is 0 Å². The van der Waals surface area contributed by atoms with Crippen molar-refractivity contribution in [3.05, 3.63) is 11.3 Å². The van der Waals surface area contributed by atoms with E-state index in [2.05, 4.69) is 4.74 Å². The van der Waals surface area contributed by atoms with Gasteiger partial charge in [0.2, 0.25) is 0 Å². The van der Waals surface area contributed by atoms with Crippen LogP contribution in [0.1, 0.15) is 13.8 Å². The van der Waals surface area contributed by atoms with Gasteiger partial charge in [0.05, 0.1) is 6.61 Å². The summed E-state index contributed by atoms with van der Waals surface area (Å²) in [6.07, 6.45) is -3.27. The van der Waals surface area contributed by atoms with Gasteiger partial charge in [0, 0.05) is 0 Å². The lowest BCUT2D eigenvalue weighted by Gasteiger charge is -2.06. The van der Waals surface area contributed by atoms with Crippen LogP contribution in [0.2, 0.25) is 0 Å². The molecular weight excluding hydrogens is 198 g/mol. The van der Waals surface area contributed by atoms with Gasteiger partial charge in [-0.1, -0.05) is 0 Å². The molecule has 4 nitrogen and oxygen atoms in total. The molecule has 0 atom stereocenters. The molecule has 0 aromatic rings. The Balaban J connectivity index is 5.04. The molecule has 1 N–H and O–H groups in total. The number of allylic oxidation sites excluding steroid dienone is 1. The standard InChI is InChI=1S/C8H10F2O4/c1-3-14-8(13)5(4(2)11)6(12)7(9)10/h7,12H,3H2,1-2H3/b6-5+. The Morgan fingerprint density at radius 2 is 1.93 bits per heavy atom. The van der Waals surface area contributed by atoms with E-state index in [0.717, 1.165) is 6.92 Å². The molecule has 14 heavy (non-hydrogen) atoms. The van der Waals surface area contributed by atoms with Gasteiger partial charge < -0.3 is 9.84 Å². The first-order valence-corrected chi connectivity index (χ1v) is 3.81. The molecule has 0 aliphatic rings. The summed E-state index contributed by atoms with van der Waals surface area (Å²) >= 11 is 0. The summed E-state index contributed by atoms with van der Waals surface area (Å²) in [6, 6.07) is 0. The van der Waals surface area contributed by atoms with Gasteiger partial charge >= 0.3 is 5.97 Å². The third kappa shape index (κ3) is 3.12. The number of carbonyl (C=O) groups excluding carboxylic acids is 2. The quantitative estimate of drug-likeness (QED) is 0.248. The minimum atomic E-state index is -3.27. The fourth-order valence-corrected chi connectivity index (χ4v) is 0.741. The van der Waals surface area contributed by atoms with Crippen molar-refractivity contribution in [1.82, 2.24) is 0 Å². The number of halogens is 2. The minimum absolute atomic E-state index is 0.0634. The van der Waals surface area contributed by atoms with Crippen LogP contribution >= 0.6 is 0 Å². The topological polar surface area (TPSA) is 63.6 Å². The number of aliphatic hydroxyl groups is 1. The fourth-order valence-electron chi connectivity index (χ4n) is 0.741. The molecule has 80 valence electrons. The highest BCUT2D eigenvalue weighted by atomic mass is 19.3. The van der Waals surface area contributed by atoms with E-state index in [1.165, 1.54) is 6.92 Å². The molecule has 6 heteroatoms. The molecule has 0 spiro atoms. The smallest absolute Gasteiger partial charge is 0.345 e. The maximum Gasteiger partial charge on any atom is 0.345 e. The SMILES string of the molecule is CCOC(=O)/C(C(C)=O)=C(/O)C(F)F. The molecule has 0 heterocycles. The second kappa shape index (κ2) is 5.31. The highest BCUT2D eigenvalue weighted by Gasteiger charge is 2.26. The summed E-state index contributed by atoms with van der Waals surface area (Å²) in [5, 5.41) is 8.76. The van der Waals surface area contributed by atoms with E-state index in [1.54, 1.807) is 0 Å². The molecule has 0 aliphatic heterocycles. The second-order valence-corrected chi connectivity index (χ2v) is 2.34. The summed E-state index contributed by atoms with van der Waals surface area (Å²) in [5.41, 5.74) is -0.998. The van der Waals surface area contributed by atoms with Gasteiger partial charge in [0.1, 0.15) is 5.57 Å². The average molecular weight is 208 g/mol. The molecule has 0 amide bonds. The van der Waals surface area contributed by atoms with Crippen molar-refractivity contribution in [2.75, 3.05) is 6.61 Å². The van der Waals surface area contributed by atoms with E-state index in [0.29, 0.717) is 0 Å². The van der Waals surface area contributed by atoms with Gasteiger partial charge in [-0.2, -0.15) is 0 Å². The summed E-state index contributed by atoms with van der Waals surface area (Å²) < 4.78 is 28.3. The van der Waals surface area contributed by atoms with E-state index in [1.807, 2.05) is 0 Å². The first kappa shape index (κ1) is 12.5. The molecule has 0 rings (SSSR count). The van der Waals surface area contributed by atoms with Crippen molar-refractivity contribution in [3.63, 3.8) is 0 Å². The van der Waals surface area contributed by atoms with Crippen molar-refractivity contribution in [2.45, 2.75) is 20.3 Å². The molecule has 0 saturated carbocycles. The summed E-state index contributed by atoms with van der Waals surface area (Å²) in [4.78, 5) is 21.7. The van der Waals surface area contributed by atoms with Gasteiger partial charge in [-0.3, -0.25) is 4.79 Å². The van der Waals surface area contributed by atoms with Gasteiger partial charge in [-0.15, -0.1) is 0 Å². The Labute approximate surface area is 79.2 Å². The molecule has 0 bridgehead atoms. The number of rotatable bonds is 4. The summed E-state index contributed by atoms with van der Waals surface area (Å²) in [7, 11) is 0. The Morgan fingerprint density at radius 1 is 1.43 bits per heavy atom. The molecule has 0 aliphatic carbocycles. The van der Waals surface area contributed by atoms with Crippen molar-refractivity contribution in [2.24, 2.45) is 0 Å². The maximum absolute atomic E-state index is 12.0. The minimum Gasteiger partial charge on any atom is -0.506 e. The predicted molar refractivity (Wildman–Crippen MR) is 43.0 cm³/mol. The molecule has 0 unspecified atom stereocenters.